The summed E-state index contributed by atoms with van der Waals surface area (Å²) in [7, 11) is 1.77. The summed E-state index contributed by atoms with van der Waals surface area (Å²) in [5, 5.41) is 0. The van der Waals surface area contributed by atoms with Crippen LogP contribution in [-0.4, -0.2) is 36.8 Å². The van der Waals surface area contributed by atoms with Crippen molar-refractivity contribution >= 4 is 11.6 Å². The van der Waals surface area contributed by atoms with E-state index in [9.17, 15) is 0 Å². The monoisotopic (exact) mass is 279 g/mol. The first-order valence-corrected chi connectivity index (χ1v) is 7.22. The fourth-order valence-corrected chi connectivity index (χ4v) is 2.83. The van der Waals surface area contributed by atoms with Crippen molar-refractivity contribution in [1.82, 2.24) is 9.97 Å². The van der Waals surface area contributed by atoms with Crippen molar-refractivity contribution in [2.75, 3.05) is 37.1 Å². The van der Waals surface area contributed by atoms with Gasteiger partial charge in [-0.05, 0) is 24.7 Å². The Balaban J connectivity index is 2.17. The maximum atomic E-state index is 5.57. The molecule has 0 amide bonds. The van der Waals surface area contributed by atoms with Gasteiger partial charge in [-0.1, -0.05) is 13.8 Å². The third kappa shape index (κ3) is 3.19. The molecule has 0 unspecified atom stereocenters. The summed E-state index contributed by atoms with van der Waals surface area (Å²) < 4.78 is 5.25. The molecule has 0 aromatic carbocycles. The van der Waals surface area contributed by atoms with Gasteiger partial charge in [0.1, 0.15) is 18.0 Å². The Morgan fingerprint density at radius 1 is 1.40 bits per heavy atom. The van der Waals surface area contributed by atoms with Gasteiger partial charge in [0.25, 0.3) is 0 Å². The van der Waals surface area contributed by atoms with Crippen LogP contribution in [0.4, 0.5) is 11.6 Å². The largest absolute Gasteiger partial charge is 0.384 e. The molecular formula is C14H25N5O. The van der Waals surface area contributed by atoms with E-state index in [0.29, 0.717) is 11.8 Å². The number of aromatic nitrogens is 2. The molecule has 2 heterocycles. The van der Waals surface area contributed by atoms with Gasteiger partial charge >= 0.3 is 0 Å². The minimum atomic E-state index is 0.328. The number of nitrogens with two attached hydrogens (primary N) is 1. The molecule has 1 aromatic heterocycles. The number of nitrogens with zero attached hydrogens (tertiary/aromatic N) is 3. The van der Waals surface area contributed by atoms with E-state index in [4.69, 9.17) is 10.6 Å². The summed E-state index contributed by atoms with van der Waals surface area (Å²) in [6.45, 7) is 7.15. The van der Waals surface area contributed by atoms with E-state index in [1.54, 1.807) is 13.4 Å². The number of methoxy groups -OCH3 is 1. The van der Waals surface area contributed by atoms with E-state index in [-0.39, 0.29) is 0 Å². The molecule has 1 saturated heterocycles. The fraction of sp³-hybridized carbons (Fsp3) is 0.714. The molecule has 0 spiro atoms. The van der Waals surface area contributed by atoms with E-state index in [1.165, 1.54) is 0 Å². The number of ether oxygens (including phenoxy) is 1. The molecule has 0 atom stereocenters. The number of hydrogen-bond donors (Lipinski definition) is 2. The zero-order chi connectivity index (χ0) is 14.5. The second kappa shape index (κ2) is 6.85. The quantitative estimate of drug-likeness (QED) is 0.631. The van der Waals surface area contributed by atoms with Gasteiger partial charge < -0.3 is 15.1 Å². The van der Waals surface area contributed by atoms with Crippen LogP contribution in [0.1, 0.15) is 38.2 Å². The number of hydrogen-bond acceptors (Lipinski definition) is 6. The molecular weight excluding hydrogens is 254 g/mol. The molecule has 0 bridgehead atoms. The third-order valence-electron chi connectivity index (χ3n) is 3.89. The Hall–Kier alpha value is -1.40. The fourth-order valence-electron chi connectivity index (χ4n) is 2.83. The number of piperidine rings is 1. The standard InChI is InChI=1S/C14H25N5O/c1-10(2)12-13(18-15)16-9-17-14(12)19-6-4-11(5-7-19)8-20-3/h9-11H,4-8,15H2,1-3H3,(H,16,17,18). The van der Waals surface area contributed by atoms with Gasteiger partial charge in [0, 0.05) is 32.4 Å². The van der Waals surface area contributed by atoms with Gasteiger partial charge in [-0.2, -0.15) is 0 Å². The molecule has 1 fully saturated rings. The van der Waals surface area contributed by atoms with Gasteiger partial charge in [-0.25, -0.2) is 15.8 Å². The highest BCUT2D eigenvalue weighted by Gasteiger charge is 2.24. The molecule has 1 aliphatic heterocycles. The topological polar surface area (TPSA) is 76.3 Å². The van der Waals surface area contributed by atoms with Crippen molar-refractivity contribution in [1.29, 1.82) is 0 Å². The van der Waals surface area contributed by atoms with Gasteiger partial charge in [-0.3, -0.25) is 0 Å². The average Bonchev–Trinajstić information content (AvgIpc) is 2.47. The van der Waals surface area contributed by atoms with E-state index >= 15 is 0 Å². The van der Waals surface area contributed by atoms with Crippen LogP contribution in [0.15, 0.2) is 6.33 Å². The van der Waals surface area contributed by atoms with E-state index < -0.39 is 0 Å². The van der Waals surface area contributed by atoms with Crippen LogP contribution in [0.5, 0.6) is 0 Å². The van der Waals surface area contributed by atoms with E-state index in [0.717, 1.165) is 49.7 Å². The Labute approximate surface area is 120 Å². The van der Waals surface area contributed by atoms with Gasteiger partial charge in [0.05, 0.1) is 0 Å². The van der Waals surface area contributed by atoms with Crippen molar-refractivity contribution in [2.45, 2.75) is 32.6 Å². The zero-order valence-electron chi connectivity index (χ0n) is 12.6. The number of hydrazine groups is 1. The molecule has 112 valence electrons. The molecule has 1 aromatic rings. The Bertz CT molecular complexity index is 430. The van der Waals surface area contributed by atoms with Gasteiger partial charge in [0.2, 0.25) is 0 Å². The highest BCUT2D eigenvalue weighted by molar-refractivity contribution is 5.60. The van der Waals surface area contributed by atoms with Gasteiger partial charge in [0.15, 0.2) is 0 Å². The number of nitrogens with one attached hydrogen (secondary N) is 1. The highest BCUT2D eigenvalue weighted by atomic mass is 16.5. The lowest BCUT2D eigenvalue weighted by atomic mass is 9.96. The summed E-state index contributed by atoms with van der Waals surface area (Å²) in [5.74, 6) is 8.30. The number of nitrogen functional groups attached to an aromatic ring is 1. The lowest BCUT2D eigenvalue weighted by Gasteiger charge is -2.34. The van der Waals surface area contributed by atoms with Crippen molar-refractivity contribution in [3.8, 4) is 0 Å². The molecule has 1 aliphatic rings. The minimum absolute atomic E-state index is 0.328. The van der Waals surface area contributed by atoms with Crippen molar-refractivity contribution in [2.24, 2.45) is 11.8 Å². The minimum Gasteiger partial charge on any atom is -0.384 e. The second-order valence-electron chi connectivity index (χ2n) is 5.64. The van der Waals surface area contributed by atoms with Crippen molar-refractivity contribution in [3.05, 3.63) is 11.9 Å². The molecule has 6 heteroatoms. The molecule has 6 nitrogen and oxygen atoms in total. The SMILES string of the molecule is COCC1CCN(c2ncnc(NN)c2C(C)C)CC1. The summed E-state index contributed by atoms with van der Waals surface area (Å²) in [6, 6.07) is 0. The average molecular weight is 279 g/mol. The highest BCUT2D eigenvalue weighted by Crippen LogP contribution is 2.32. The van der Waals surface area contributed by atoms with Crippen LogP contribution < -0.4 is 16.2 Å². The first-order chi connectivity index (χ1) is 9.67. The first-order valence-electron chi connectivity index (χ1n) is 7.22. The molecule has 2 rings (SSSR count). The first kappa shape index (κ1) is 15.0. The van der Waals surface area contributed by atoms with Gasteiger partial charge in [-0.15, -0.1) is 0 Å². The third-order valence-corrected chi connectivity index (χ3v) is 3.89. The Kier molecular flexibility index (Phi) is 5.14. The summed E-state index contributed by atoms with van der Waals surface area (Å²) in [6.07, 6.45) is 3.86. The summed E-state index contributed by atoms with van der Waals surface area (Å²) >= 11 is 0. The molecule has 3 N–H and O–H groups in total. The van der Waals surface area contributed by atoms with Crippen LogP contribution in [0, 0.1) is 5.92 Å². The van der Waals surface area contributed by atoms with Crippen molar-refractivity contribution < 1.29 is 4.74 Å². The van der Waals surface area contributed by atoms with Crippen LogP contribution in [0.2, 0.25) is 0 Å². The Morgan fingerprint density at radius 3 is 2.65 bits per heavy atom. The predicted octanol–water partition coefficient (Wildman–Crippen LogP) is 1.75. The smallest absolute Gasteiger partial charge is 0.148 e. The maximum Gasteiger partial charge on any atom is 0.148 e. The van der Waals surface area contributed by atoms with Crippen LogP contribution in [-0.2, 0) is 4.74 Å². The molecule has 0 saturated carbocycles. The lowest BCUT2D eigenvalue weighted by Crippen LogP contribution is -2.36. The lowest BCUT2D eigenvalue weighted by molar-refractivity contribution is 0.139. The summed E-state index contributed by atoms with van der Waals surface area (Å²) in [4.78, 5) is 11.1. The normalized spacial score (nSPS) is 16.8. The van der Waals surface area contributed by atoms with E-state index in [2.05, 4.69) is 34.1 Å². The van der Waals surface area contributed by atoms with Crippen LogP contribution in [0.25, 0.3) is 0 Å². The second-order valence-corrected chi connectivity index (χ2v) is 5.64. The molecule has 0 aliphatic carbocycles. The van der Waals surface area contributed by atoms with Crippen molar-refractivity contribution in [3.63, 3.8) is 0 Å². The predicted molar refractivity (Wildman–Crippen MR) is 80.7 cm³/mol. The molecule has 0 radical (unpaired) electrons. The number of anilines is 2. The van der Waals surface area contributed by atoms with E-state index in [1.807, 2.05) is 0 Å². The maximum absolute atomic E-state index is 5.57. The summed E-state index contributed by atoms with van der Waals surface area (Å²) in [5.41, 5.74) is 3.79. The van der Waals surface area contributed by atoms with Crippen LogP contribution in [0.3, 0.4) is 0 Å². The van der Waals surface area contributed by atoms with Crippen LogP contribution >= 0.6 is 0 Å². The number of rotatable bonds is 5. The Morgan fingerprint density at radius 2 is 2.10 bits per heavy atom. The molecule has 20 heavy (non-hydrogen) atoms. The zero-order valence-corrected chi connectivity index (χ0v) is 12.6.